The van der Waals surface area contributed by atoms with Crippen molar-refractivity contribution in [1.82, 2.24) is 9.78 Å². The quantitative estimate of drug-likeness (QED) is 0.878. The zero-order valence-electron chi connectivity index (χ0n) is 12.6. The van der Waals surface area contributed by atoms with Gasteiger partial charge in [0.1, 0.15) is 0 Å². The molecule has 1 aromatic rings. The molecule has 0 amide bonds. The molecule has 1 atom stereocenters. The molecule has 1 unspecified atom stereocenters. The van der Waals surface area contributed by atoms with E-state index < -0.39 is 0 Å². The molecule has 1 rings (SSSR count). The minimum absolute atomic E-state index is 0.0854. The first-order valence-corrected chi connectivity index (χ1v) is 6.69. The van der Waals surface area contributed by atoms with Gasteiger partial charge in [0.2, 0.25) is 0 Å². The maximum Gasteiger partial charge on any atom is 0.0669 e. The Morgan fingerprint density at radius 3 is 2.44 bits per heavy atom. The largest absolute Gasteiger partial charge is 0.374 e. The minimum atomic E-state index is -0.0985. The average Bonchev–Trinajstić information content (AvgIpc) is 2.52. The Hall–Kier alpha value is -0.870. The van der Waals surface area contributed by atoms with Gasteiger partial charge in [-0.3, -0.25) is 4.68 Å². The Labute approximate surface area is 111 Å². The van der Waals surface area contributed by atoms with Crippen molar-refractivity contribution in [3.05, 3.63) is 17.0 Å². The molecule has 0 fully saturated rings. The maximum atomic E-state index is 6.12. The molecule has 2 N–H and O–H groups in total. The third kappa shape index (κ3) is 3.82. The van der Waals surface area contributed by atoms with Crippen molar-refractivity contribution in [3.8, 4) is 0 Å². The fourth-order valence-electron chi connectivity index (χ4n) is 2.11. The number of rotatable bonds is 5. The van der Waals surface area contributed by atoms with E-state index in [9.17, 15) is 0 Å². The number of aryl methyl sites for hydroxylation is 1. The molecule has 0 spiro atoms. The highest BCUT2D eigenvalue weighted by atomic mass is 16.5. The van der Waals surface area contributed by atoms with Gasteiger partial charge < -0.3 is 10.5 Å². The Bertz CT molecular complexity index is 390. The summed E-state index contributed by atoms with van der Waals surface area (Å²) >= 11 is 0. The number of ether oxygens (including phenoxy) is 1. The first-order valence-electron chi connectivity index (χ1n) is 6.69. The molecule has 4 nitrogen and oxygen atoms in total. The number of nitrogens with zero attached hydrogens (tertiary/aromatic N) is 2. The summed E-state index contributed by atoms with van der Waals surface area (Å²) in [6.07, 6.45) is 0.936. The van der Waals surface area contributed by atoms with Crippen LogP contribution < -0.4 is 5.73 Å². The van der Waals surface area contributed by atoms with Crippen molar-refractivity contribution in [3.63, 3.8) is 0 Å². The average molecular weight is 253 g/mol. The smallest absolute Gasteiger partial charge is 0.0669 e. The lowest BCUT2D eigenvalue weighted by atomic mass is 10.0. The Morgan fingerprint density at radius 2 is 1.94 bits per heavy atom. The highest BCUT2D eigenvalue weighted by Crippen LogP contribution is 2.22. The first-order chi connectivity index (χ1) is 8.26. The van der Waals surface area contributed by atoms with Crippen LogP contribution in [0, 0.1) is 13.8 Å². The molecule has 0 radical (unpaired) electrons. The summed E-state index contributed by atoms with van der Waals surface area (Å²) in [6.45, 7) is 13.9. The second kappa shape index (κ2) is 5.85. The summed E-state index contributed by atoms with van der Waals surface area (Å²) in [5, 5.41) is 4.56. The predicted octanol–water partition coefficient (Wildman–Crippen LogP) is 2.72. The Kier molecular flexibility index (Phi) is 4.93. The highest BCUT2D eigenvalue weighted by molar-refractivity contribution is 5.27. The van der Waals surface area contributed by atoms with Crippen LogP contribution >= 0.6 is 0 Å². The topological polar surface area (TPSA) is 53.1 Å². The van der Waals surface area contributed by atoms with Gasteiger partial charge >= 0.3 is 0 Å². The third-order valence-electron chi connectivity index (χ3n) is 3.09. The molecule has 0 bridgehead atoms. The molecular formula is C14H27N3O. The van der Waals surface area contributed by atoms with Crippen LogP contribution in [0.4, 0.5) is 0 Å². The molecule has 0 aromatic carbocycles. The summed E-state index contributed by atoms with van der Waals surface area (Å²) in [4.78, 5) is 0. The van der Waals surface area contributed by atoms with Crippen LogP contribution in [0.2, 0.25) is 0 Å². The van der Waals surface area contributed by atoms with E-state index in [4.69, 9.17) is 10.5 Å². The summed E-state index contributed by atoms with van der Waals surface area (Å²) in [7, 11) is 0. The summed E-state index contributed by atoms with van der Waals surface area (Å²) in [5.41, 5.74) is 9.42. The number of hydrogen-bond donors (Lipinski definition) is 1. The van der Waals surface area contributed by atoms with E-state index in [1.54, 1.807) is 0 Å². The lowest BCUT2D eigenvalue weighted by Crippen LogP contribution is -2.22. The highest BCUT2D eigenvalue weighted by Gasteiger charge is 2.17. The fraction of sp³-hybridized carbons (Fsp3) is 0.786. The normalized spacial score (nSPS) is 13.9. The summed E-state index contributed by atoms with van der Waals surface area (Å²) in [5.74, 6) is 0. The molecule has 18 heavy (non-hydrogen) atoms. The van der Waals surface area contributed by atoms with Gasteiger partial charge in [-0.15, -0.1) is 0 Å². The molecule has 0 aliphatic rings. The standard InChI is InChI=1S/C14H27N3O/c1-7-12(15)13-10(2)16-17(11(13)3)8-9-18-14(4,5)6/h12H,7-9,15H2,1-6H3. The zero-order chi connectivity index (χ0) is 13.9. The lowest BCUT2D eigenvalue weighted by molar-refractivity contribution is -0.00811. The molecule has 0 saturated heterocycles. The van der Waals surface area contributed by atoms with Gasteiger partial charge in [-0.2, -0.15) is 5.10 Å². The number of hydrogen-bond acceptors (Lipinski definition) is 3. The molecule has 104 valence electrons. The maximum absolute atomic E-state index is 6.12. The predicted molar refractivity (Wildman–Crippen MR) is 74.6 cm³/mol. The van der Waals surface area contributed by atoms with Gasteiger partial charge in [0.25, 0.3) is 0 Å². The molecule has 0 saturated carbocycles. The van der Waals surface area contributed by atoms with E-state index in [2.05, 4.69) is 39.7 Å². The van der Waals surface area contributed by atoms with E-state index in [1.165, 1.54) is 11.3 Å². The molecular weight excluding hydrogens is 226 g/mol. The van der Waals surface area contributed by atoms with Gasteiger partial charge in [-0.1, -0.05) is 6.92 Å². The molecule has 0 aliphatic heterocycles. The lowest BCUT2D eigenvalue weighted by Gasteiger charge is -2.19. The zero-order valence-corrected chi connectivity index (χ0v) is 12.6. The van der Waals surface area contributed by atoms with Crippen LogP contribution in [0.3, 0.4) is 0 Å². The van der Waals surface area contributed by atoms with Crippen molar-refractivity contribution in [1.29, 1.82) is 0 Å². The second-order valence-corrected chi connectivity index (χ2v) is 5.78. The summed E-state index contributed by atoms with van der Waals surface area (Å²) < 4.78 is 7.74. The number of nitrogens with two attached hydrogens (primary N) is 1. The van der Waals surface area contributed by atoms with E-state index >= 15 is 0 Å². The van der Waals surface area contributed by atoms with Gasteiger partial charge in [0.15, 0.2) is 0 Å². The fourth-order valence-corrected chi connectivity index (χ4v) is 2.11. The SMILES string of the molecule is CCC(N)c1c(C)nn(CCOC(C)(C)C)c1C. The third-order valence-corrected chi connectivity index (χ3v) is 3.09. The van der Waals surface area contributed by atoms with Crippen molar-refractivity contribution < 1.29 is 4.74 Å². The van der Waals surface area contributed by atoms with E-state index in [0.29, 0.717) is 6.61 Å². The van der Waals surface area contributed by atoms with E-state index in [1.807, 2.05) is 11.6 Å². The molecule has 4 heteroatoms. The second-order valence-electron chi connectivity index (χ2n) is 5.78. The summed E-state index contributed by atoms with van der Waals surface area (Å²) in [6, 6.07) is 0.0854. The molecule has 0 aliphatic carbocycles. The molecule has 1 heterocycles. The van der Waals surface area contributed by atoms with Crippen LogP contribution in [0.1, 0.15) is 57.1 Å². The van der Waals surface area contributed by atoms with Crippen LogP contribution in [0.25, 0.3) is 0 Å². The Balaban J connectivity index is 2.74. The van der Waals surface area contributed by atoms with E-state index in [-0.39, 0.29) is 11.6 Å². The minimum Gasteiger partial charge on any atom is -0.374 e. The molecule has 1 aromatic heterocycles. The van der Waals surface area contributed by atoms with Crippen LogP contribution in [-0.2, 0) is 11.3 Å². The van der Waals surface area contributed by atoms with Gasteiger partial charge in [0, 0.05) is 17.3 Å². The van der Waals surface area contributed by atoms with Gasteiger partial charge in [-0.05, 0) is 41.0 Å². The Morgan fingerprint density at radius 1 is 1.33 bits per heavy atom. The van der Waals surface area contributed by atoms with Crippen molar-refractivity contribution in [2.24, 2.45) is 5.73 Å². The van der Waals surface area contributed by atoms with Crippen molar-refractivity contribution in [2.45, 2.75) is 66.2 Å². The van der Waals surface area contributed by atoms with Gasteiger partial charge in [-0.25, -0.2) is 0 Å². The van der Waals surface area contributed by atoms with Crippen molar-refractivity contribution >= 4 is 0 Å². The van der Waals surface area contributed by atoms with Gasteiger partial charge in [0.05, 0.1) is 24.4 Å². The van der Waals surface area contributed by atoms with Crippen LogP contribution in [-0.4, -0.2) is 22.0 Å². The van der Waals surface area contributed by atoms with E-state index in [0.717, 1.165) is 18.7 Å². The monoisotopic (exact) mass is 253 g/mol. The van der Waals surface area contributed by atoms with Crippen LogP contribution in [0.5, 0.6) is 0 Å². The van der Waals surface area contributed by atoms with Crippen molar-refractivity contribution in [2.75, 3.05) is 6.61 Å². The van der Waals surface area contributed by atoms with Crippen LogP contribution in [0.15, 0.2) is 0 Å². The first kappa shape index (κ1) is 15.2. The number of aromatic nitrogens is 2.